The molecule has 2 aromatic rings. The SMILES string of the molecule is CC(=O)Nc1cccc(C(=O)Nc2ccc(Br)cc2C(=O)O)c1. The topological polar surface area (TPSA) is 95.5 Å². The third kappa shape index (κ3) is 4.40. The number of hydrogen-bond acceptors (Lipinski definition) is 3. The molecule has 6 nitrogen and oxygen atoms in total. The Bertz CT molecular complexity index is 789. The number of rotatable bonds is 4. The lowest BCUT2D eigenvalue weighted by molar-refractivity contribution is -0.114. The molecule has 3 N–H and O–H groups in total. The number of hydrogen-bond donors (Lipinski definition) is 3. The predicted molar refractivity (Wildman–Crippen MR) is 89.8 cm³/mol. The maximum Gasteiger partial charge on any atom is 0.337 e. The van der Waals surface area contributed by atoms with Gasteiger partial charge in [-0.25, -0.2) is 4.79 Å². The molecule has 0 fully saturated rings. The van der Waals surface area contributed by atoms with E-state index in [0.29, 0.717) is 15.7 Å². The fourth-order valence-electron chi connectivity index (χ4n) is 1.94. The minimum absolute atomic E-state index is 0.0225. The molecule has 0 aliphatic carbocycles. The Morgan fingerprint density at radius 3 is 2.43 bits per heavy atom. The van der Waals surface area contributed by atoms with Crippen LogP contribution in [0.15, 0.2) is 46.9 Å². The van der Waals surface area contributed by atoms with Crippen molar-refractivity contribution >= 4 is 45.1 Å². The summed E-state index contributed by atoms with van der Waals surface area (Å²) in [5.74, 6) is -1.86. The predicted octanol–water partition coefficient (Wildman–Crippen LogP) is 3.36. The summed E-state index contributed by atoms with van der Waals surface area (Å²) in [7, 11) is 0. The molecule has 118 valence electrons. The largest absolute Gasteiger partial charge is 0.478 e. The Labute approximate surface area is 140 Å². The molecule has 0 heterocycles. The number of amides is 2. The van der Waals surface area contributed by atoms with Gasteiger partial charge in [0.1, 0.15) is 0 Å². The van der Waals surface area contributed by atoms with Crippen LogP contribution in [0, 0.1) is 0 Å². The van der Waals surface area contributed by atoms with E-state index in [9.17, 15) is 19.5 Å². The fraction of sp³-hybridized carbons (Fsp3) is 0.0625. The van der Waals surface area contributed by atoms with Crippen LogP contribution in [-0.4, -0.2) is 22.9 Å². The van der Waals surface area contributed by atoms with E-state index in [4.69, 9.17) is 0 Å². The molecule has 0 aliphatic rings. The normalized spacial score (nSPS) is 10.0. The lowest BCUT2D eigenvalue weighted by Crippen LogP contribution is -2.15. The summed E-state index contributed by atoms with van der Waals surface area (Å²) in [6, 6.07) is 10.9. The van der Waals surface area contributed by atoms with E-state index in [-0.39, 0.29) is 17.2 Å². The summed E-state index contributed by atoms with van der Waals surface area (Å²) in [4.78, 5) is 34.6. The van der Waals surface area contributed by atoms with Gasteiger partial charge in [0.2, 0.25) is 5.91 Å². The highest BCUT2D eigenvalue weighted by molar-refractivity contribution is 9.10. The van der Waals surface area contributed by atoms with Crippen molar-refractivity contribution in [2.45, 2.75) is 6.92 Å². The standard InChI is InChI=1S/C16H13BrN2O4/c1-9(20)18-12-4-2-3-10(7-12)15(21)19-14-6-5-11(17)8-13(14)16(22)23/h2-8H,1H3,(H,18,20)(H,19,21)(H,22,23). The van der Waals surface area contributed by atoms with E-state index in [0.717, 1.165) is 0 Å². The van der Waals surface area contributed by atoms with Crippen molar-refractivity contribution in [3.63, 3.8) is 0 Å². The number of carbonyl (C=O) groups excluding carboxylic acids is 2. The van der Waals surface area contributed by atoms with Crippen LogP contribution < -0.4 is 10.6 Å². The Balaban J connectivity index is 2.26. The zero-order valence-electron chi connectivity index (χ0n) is 12.1. The van der Waals surface area contributed by atoms with Gasteiger partial charge in [-0.3, -0.25) is 9.59 Å². The third-order valence-electron chi connectivity index (χ3n) is 2.91. The van der Waals surface area contributed by atoms with Crippen molar-refractivity contribution in [1.82, 2.24) is 0 Å². The molecule has 0 aromatic heterocycles. The molecule has 0 bridgehead atoms. The molecule has 0 unspecified atom stereocenters. The molecule has 0 aliphatic heterocycles. The zero-order chi connectivity index (χ0) is 17.0. The Morgan fingerprint density at radius 2 is 1.78 bits per heavy atom. The van der Waals surface area contributed by atoms with Crippen LogP contribution >= 0.6 is 15.9 Å². The second-order valence-electron chi connectivity index (χ2n) is 4.71. The Hall–Kier alpha value is -2.67. The number of halogens is 1. The first-order valence-corrected chi connectivity index (χ1v) is 7.38. The van der Waals surface area contributed by atoms with E-state index >= 15 is 0 Å². The van der Waals surface area contributed by atoms with E-state index in [1.807, 2.05) is 0 Å². The van der Waals surface area contributed by atoms with E-state index in [1.54, 1.807) is 24.3 Å². The summed E-state index contributed by atoms with van der Waals surface area (Å²) in [5.41, 5.74) is 0.955. The minimum Gasteiger partial charge on any atom is -0.478 e. The van der Waals surface area contributed by atoms with Gasteiger partial charge in [-0.1, -0.05) is 22.0 Å². The molecule has 2 amide bonds. The first-order chi connectivity index (χ1) is 10.9. The number of carbonyl (C=O) groups is 3. The molecular weight excluding hydrogens is 364 g/mol. The molecule has 2 aromatic carbocycles. The highest BCUT2D eigenvalue weighted by Gasteiger charge is 2.14. The summed E-state index contributed by atoms with van der Waals surface area (Å²) >= 11 is 3.19. The van der Waals surface area contributed by atoms with E-state index < -0.39 is 11.9 Å². The molecule has 0 saturated carbocycles. The highest BCUT2D eigenvalue weighted by atomic mass is 79.9. The molecule has 0 spiro atoms. The van der Waals surface area contributed by atoms with Crippen molar-refractivity contribution < 1.29 is 19.5 Å². The van der Waals surface area contributed by atoms with Gasteiger partial charge < -0.3 is 15.7 Å². The van der Waals surface area contributed by atoms with Gasteiger partial charge in [0.25, 0.3) is 5.91 Å². The summed E-state index contributed by atoms with van der Waals surface area (Å²) in [5, 5.41) is 14.3. The molecule has 7 heteroatoms. The van der Waals surface area contributed by atoms with Gasteiger partial charge in [-0.2, -0.15) is 0 Å². The maximum absolute atomic E-state index is 12.3. The number of benzene rings is 2. The molecular formula is C16H13BrN2O4. The third-order valence-corrected chi connectivity index (χ3v) is 3.40. The monoisotopic (exact) mass is 376 g/mol. The van der Waals surface area contributed by atoms with Crippen LogP contribution in [0.1, 0.15) is 27.6 Å². The van der Waals surface area contributed by atoms with Gasteiger partial charge in [-0.15, -0.1) is 0 Å². The summed E-state index contributed by atoms with van der Waals surface area (Å²) in [6.45, 7) is 1.37. The molecule has 2 rings (SSSR count). The van der Waals surface area contributed by atoms with Crippen LogP contribution in [0.5, 0.6) is 0 Å². The highest BCUT2D eigenvalue weighted by Crippen LogP contribution is 2.22. The maximum atomic E-state index is 12.3. The van der Waals surface area contributed by atoms with Gasteiger partial charge in [-0.05, 0) is 36.4 Å². The van der Waals surface area contributed by atoms with Crippen LogP contribution in [-0.2, 0) is 4.79 Å². The van der Waals surface area contributed by atoms with E-state index in [1.165, 1.54) is 25.1 Å². The average Bonchev–Trinajstić information content (AvgIpc) is 2.48. The van der Waals surface area contributed by atoms with Crippen LogP contribution in [0.4, 0.5) is 11.4 Å². The summed E-state index contributed by atoms with van der Waals surface area (Å²) in [6.07, 6.45) is 0. The second kappa shape index (κ2) is 7.06. The van der Waals surface area contributed by atoms with Crippen LogP contribution in [0.3, 0.4) is 0 Å². The minimum atomic E-state index is -1.14. The number of aromatic carboxylic acids is 1. The smallest absolute Gasteiger partial charge is 0.337 e. The van der Waals surface area contributed by atoms with Gasteiger partial charge in [0, 0.05) is 22.6 Å². The zero-order valence-corrected chi connectivity index (χ0v) is 13.7. The Kier molecular flexibility index (Phi) is 5.13. The molecule has 0 saturated heterocycles. The van der Waals surface area contributed by atoms with Gasteiger partial charge in [0.05, 0.1) is 11.3 Å². The van der Waals surface area contributed by atoms with Crippen LogP contribution in [0.2, 0.25) is 0 Å². The molecule has 0 radical (unpaired) electrons. The van der Waals surface area contributed by atoms with Gasteiger partial charge >= 0.3 is 5.97 Å². The lowest BCUT2D eigenvalue weighted by atomic mass is 10.1. The molecule has 23 heavy (non-hydrogen) atoms. The van der Waals surface area contributed by atoms with Crippen molar-refractivity contribution in [3.8, 4) is 0 Å². The number of carboxylic acids is 1. The quantitative estimate of drug-likeness (QED) is 0.762. The average molecular weight is 377 g/mol. The van der Waals surface area contributed by atoms with Gasteiger partial charge in [0.15, 0.2) is 0 Å². The lowest BCUT2D eigenvalue weighted by Gasteiger charge is -2.10. The van der Waals surface area contributed by atoms with E-state index in [2.05, 4.69) is 26.6 Å². The van der Waals surface area contributed by atoms with Crippen molar-refractivity contribution in [1.29, 1.82) is 0 Å². The van der Waals surface area contributed by atoms with Crippen molar-refractivity contribution in [3.05, 3.63) is 58.1 Å². The fourth-order valence-corrected chi connectivity index (χ4v) is 2.30. The number of anilines is 2. The Morgan fingerprint density at radius 1 is 1.04 bits per heavy atom. The number of nitrogens with one attached hydrogen (secondary N) is 2. The summed E-state index contributed by atoms with van der Waals surface area (Å²) < 4.78 is 0.598. The van der Waals surface area contributed by atoms with Crippen LogP contribution in [0.25, 0.3) is 0 Å². The van der Waals surface area contributed by atoms with Crippen molar-refractivity contribution in [2.75, 3.05) is 10.6 Å². The van der Waals surface area contributed by atoms with Crippen molar-refractivity contribution in [2.24, 2.45) is 0 Å². The molecule has 0 atom stereocenters. The number of carboxylic acid groups (broad SMARTS) is 1. The second-order valence-corrected chi connectivity index (χ2v) is 5.63. The first kappa shape index (κ1) is 16.7. The first-order valence-electron chi connectivity index (χ1n) is 6.58.